The van der Waals surface area contributed by atoms with Crippen LogP contribution >= 0.6 is 11.6 Å². The smallest absolute Gasteiger partial charge is 0.280 e. The predicted octanol–water partition coefficient (Wildman–Crippen LogP) is 3.73. The van der Waals surface area contributed by atoms with Gasteiger partial charge in [0.15, 0.2) is 28.4 Å². The Labute approximate surface area is 280 Å². The lowest BCUT2D eigenvalue weighted by atomic mass is 9.93. The van der Waals surface area contributed by atoms with Gasteiger partial charge in [-0.2, -0.15) is 0 Å². The molecule has 10 N–H and O–H groups in total. The van der Waals surface area contributed by atoms with Crippen molar-refractivity contribution in [1.29, 1.82) is 5.41 Å². The summed E-state index contributed by atoms with van der Waals surface area (Å²) in [5.41, 5.74) is 21.6. The van der Waals surface area contributed by atoms with Gasteiger partial charge in [-0.15, -0.1) is 0 Å². The standard InChI is InChI=1S/C34H43ClN10O2/c1-45(2)19-7-8-21-12-16-24(17-13-21)41-32(46)27(36)20-23-15-14-22(25-10-3-4-11-26(23)25)9-5-6-18-40-34(39)44-33(47)28-30(37)43-31(38)29(35)42-28/h3-4,10-17,27H,5-9,18-20,36H2,1-2H3,(H,41,46)(H4,37,38,43)(H3,39,40,44,47). The first-order valence-corrected chi connectivity index (χ1v) is 15.9. The van der Waals surface area contributed by atoms with Crippen molar-refractivity contribution >= 4 is 57.5 Å². The van der Waals surface area contributed by atoms with Gasteiger partial charge in [0.25, 0.3) is 5.91 Å². The minimum absolute atomic E-state index is 0.0775. The number of benzene rings is 3. The van der Waals surface area contributed by atoms with Gasteiger partial charge in [0, 0.05) is 12.2 Å². The van der Waals surface area contributed by atoms with Gasteiger partial charge in [0.05, 0.1) is 6.04 Å². The van der Waals surface area contributed by atoms with Crippen molar-refractivity contribution in [2.24, 2.45) is 5.73 Å². The monoisotopic (exact) mass is 658 g/mol. The van der Waals surface area contributed by atoms with E-state index in [1.807, 2.05) is 36.4 Å². The van der Waals surface area contributed by atoms with Crippen LogP contribution in [-0.2, 0) is 24.1 Å². The highest BCUT2D eigenvalue weighted by atomic mass is 35.5. The highest BCUT2D eigenvalue weighted by molar-refractivity contribution is 6.31. The Morgan fingerprint density at radius 2 is 1.57 bits per heavy atom. The van der Waals surface area contributed by atoms with Crippen LogP contribution in [0.15, 0.2) is 60.7 Å². The number of hydrogen-bond donors (Lipinski definition) is 7. The number of aryl methyl sites for hydroxylation is 2. The second kappa shape index (κ2) is 16.7. The topological polar surface area (TPSA) is 201 Å². The third-order valence-electron chi connectivity index (χ3n) is 7.71. The molecule has 12 nitrogen and oxygen atoms in total. The number of nitrogens with one attached hydrogen (secondary N) is 4. The first kappa shape index (κ1) is 35.1. The summed E-state index contributed by atoms with van der Waals surface area (Å²) in [5.74, 6) is -1.37. The average molecular weight is 659 g/mol. The molecule has 1 heterocycles. The van der Waals surface area contributed by atoms with E-state index in [-0.39, 0.29) is 34.3 Å². The van der Waals surface area contributed by atoms with Gasteiger partial charge < -0.3 is 32.7 Å². The van der Waals surface area contributed by atoms with E-state index in [0.717, 1.165) is 60.7 Å². The minimum Gasteiger partial charge on any atom is -0.382 e. The zero-order valence-corrected chi connectivity index (χ0v) is 27.5. The van der Waals surface area contributed by atoms with Gasteiger partial charge in [-0.05, 0) is 98.8 Å². The lowest BCUT2D eigenvalue weighted by Crippen LogP contribution is -2.41. The van der Waals surface area contributed by atoms with Gasteiger partial charge in [-0.1, -0.05) is 60.1 Å². The number of nitrogen functional groups attached to an aromatic ring is 2. The summed E-state index contributed by atoms with van der Waals surface area (Å²) < 4.78 is 0. The number of carbonyl (C=O) groups excluding carboxylic acids is 2. The van der Waals surface area contributed by atoms with E-state index >= 15 is 0 Å². The van der Waals surface area contributed by atoms with Crippen LogP contribution in [0.4, 0.5) is 17.3 Å². The molecule has 1 atom stereocenters. The van der Waals surface area contributed by atoms with E-state index in [2.05, 4.69) is 69.2 Å². The fourth-order valence-electron chi connectivity index (χ4n) is 5.22. The molecule has 0 aliphatic rings. The number of unbranched alkanes of at least 4 members (excludes halogenated alkanes) is 1. The van der Waals surface area contributed by atoms with E-state index in [1.54, 1.807) is 0 Å². The van der Waals surface area contributed by atoms with Crippen LogP contribution in [0.3, 0.4) is 0 Å². The lowest BCUT2D eigenvalue weighted by molar-refractivity contribution is -0.117. The Hall–Kier alpha value is -4.78. The molecule has 0 saturated carbocycles. The summed E-state index contributed by atoms with van der Waals surface area (Å²) in [6.45, 7) is 1.51. The van der Waals surface area contributed by atoms with E-state index in [0.29, 0.717) is 13.0 Å². The summed E-state index contributed by atoms with van der Waals surface area (Å²) in [6.07, 6.45) is 4.90. The number of amides is 2. The van der Waals surface area contributed by atoms with E-state index in [9.17, 15) is 9.59 Å². The summed E-state index contributed by atoms with van der Waals surface area (Å²) in [5, 5.41) is 18.3. The fourth-order valence-corrected chi connectivity index (χ4v) is 5.34. The Morgan fingerprint density at radius 3 is 2.28 bits per heavy atom. The van der Waals surface area contributed by atoms with Crippen LogP contribution in [0.5, 0.6) is 0 Å². The first-order valence-electron chi connectivity index (χ1n) is 15.5. The number of halogens is 1. The number of nitrogens with two attached hydrogens (primary N) is 3. The maximum absolute atomic E-state index is 13.0. The van der Waals surface area contributed by atoms with Gasteiger partial charge in [-0.25, -0.2) is 9.97 Å². The van der Waals surface area contributed by atoms with Gasteiger partial charge in [-0.3, -0.25) is 20.3 Å². The van der Waals surface area contributed by atoms with Gasteiger partial charge in [0.2, 0.25) is 5.91 Å². The molecule has 0 aliphatic carbocycles. The molecule has 0 radical (unpaired) electrons. The number of fused-ring (bicyclic) bond motifs is 1. The second-order valence-corrected chi connectivity index (χ2v) is 12.0. The SMILES string of the molecule is CN(C)CCCc1ccc(NC(=O)C(N)Cc2ccc(CCCCNC(=N)NC(=O)c3nc(Cl)c(N)nc3N)c3ccccc23)cc1. The number of guanidine groups is 1. The lowest BCUT2D eigenvalue weighted by Gasteiger charge is -2.16. The molecule has 0 fully saturated rings. The highest BCUT2D eigenvalue weighted by Crippen LogP contribution is 2.25. The molecule has 0 aliphatic heterocycles. The van der Waals surface area contributed by atoms with Crippen molar-refractivity contribution in [3.8, 4) is 0 Å². The van der Waals surface area contributed by atoms with Crippen molar-refractivity contribution in [1.82, 2.24) is 25.5 Å². The average Bonchev–Trinajstić information content (AvgIpc) is 3.04. The zero-order chi connectivity index (χ0) is 33.9. The largest absolute Gasteiger partial charge is 0.382 e. The zero-order valence-electron chi connectivity index (χ0n) is 26.8. The van der Waals surface area contributed by atoms with Crippen LogP contribution in [0, 0.1) is 5.41 Å². The molecule has 0 bridgehead atoms. The minimum atomic E-state index is -0.710. The molecule has 4 rings (SSSR count). The highest BCUT2D eigenvalue weighted by Gasteiger charge is 2.18. The molecular formula is C34H43ClN10O2. The Kier molecular flexibility index (Phi) is 12.5. The van der Waals surface area contributed by atoms with Crippen LogP contribution in [-0.4, -0.2) is 65.9 Å². The summed E-state index contributed by atoms with van der Waals surface area (Å²) >= 11 is 5.84. The molecule has 47 heavy (non-hydrogen) atoms. The summed E-state index contributed by atoms with van der Waals surface area (Å²) in [4.78, 5) is 35.2. The molecule has 13 heteroatoms. The number of nitrogens with zero attached hydrogens (tertiary/aromatic N) is 3. The van der Waals surface area contributed by atoms with Crippen LogP contribution in [0.2, 0.25) is 5.15 Å². The molecule has 1 aromatic heterocycles. The summed E-state index contributed by atoms with van der Waals surface area (Å²) in [6, 6.07) is 19.5. The number of aromatic nitrogens is 2. The van der Waals surface area contributed by atoms with Crippen molar-refractivity contribution in [3.05, 3.63) is 88.2 Å². The van der Waals surface area contributed by atoms with E-state index in [1.165, 1.54) is 11.1 Å². The second-order valence-electron chi connectivity index (χ2n) is 11.7. The van der Waals surface area contributed by atoms with Crippen molar-refractivity contribution in [3.63, 3.8) is 0 Å². The van der Waals surface area contributed by atoms with Gasteiger partial charge >= 0.3 is 0 Å². The number of carbonyl (C=O) groups is 2. The normalized spacial score (nSPS) is 11.8. The van der Waals surface area contributed by atoms with E-state index in [4.69, 9.17) is 34.2 Å². The van der Waals surface area contributed by atoms with Crippen LogP contribution in [0.1, 0.15) is 46.4 Å². The third kappa shape index (κ3) is 10.1. The van der Waals surface area contributed by atoms with Crippen LogP contribution in [0.25, 0.3) is 10.8 Å². The Bertz CT molecular complexity index is 1710. The maximum atomic E-state index is 13.0. The number of rotatable bonds is 14. The third-order valence-corrected chi connectivity index (χ3v) is 7.98. The van der Waals surface area contributed by atoms with Crippen LogP contribution < -0.4 is 33.2 Å². The molecule has 1 unspecified atom stereocenters. The van der Waals surface area contributed by atoms with E-state index < -0.39 is 11.9 Å². The molecular weight excluding hydrogens is 616 g/mol. The molecule has 3 aromatic carbocycles. The molecule has 248 valence electrons. The maximum Gasteiger partial charge on any atom is 0.280 e. The molecule has 2 amide bonds. The number of hydrogen-bond acceptors (Lipinski definition) is 9. The van der Waals surface area contributed by atoms with Crippen molar-refractivity contribution in [2.75, 3.05) is 44.0 Å². The van der Waals surface area contributed by atoms with Crippen molar-refractivity contribution in [2.45, 2.75) is 44.6 Å². The fraction of sp³-hybridized carbons (Fsp3) is 0.324. The number of anilines is 3. The molecule has 0 saturated heterocycles. The molecule has 0 spiro atoms. The van der Waals surface area contributed by atoms with Gasteiger partial charge in [0.1, 0.15) is 0 Å². The Morgan fingerprint density at radius 1 is 0.894 bits per heavy atom. The Balaban J connectivity index is 1.26. The predicted molar refractivity (Wildman–Crippen MR) is 190 cm³/mol. The first-order chi connectivity index (χ1) is 22.5. The molecule has 4 aromatic rings. The van der Waals surface area contributed by atoms with Crippen molar-refractivity contribution < 1.29 is 9.59 Å². The quantitative estimate of drug-likeness (QED) is 0.0599. The summed E-state index contributed by atoms with van der Waals surface area (Å²) in [7, 11) is 4.14.